The molecule has 1 heterocycles. The molecule has 0 aliphatic rings. The van der Waals surface area contributed by atoms with Gasteiger partial charge >= 0.3 is 0 Å². The van der Waals surface area contributed by atoms with Crippen LogP contribution in [-0.2, 0) is 0 Å². The Labute approximate surface area is 110 Å². The van der Waals surface area contributed by atoms with E-state index in [4.69, 9.17) is 11.6 Å². The molecule has 2 nitrogen and oxygen atoms in total. The monoisotopic (exact) mass is 254 g/mol. The van der Waals surface area contributed by atoms with Crippen molar-refractivity contribution in [2.45, 2.75) is 0 Å². The van der Waals surface area contributed by atoms with Gasteiger partial charge in [0.15, 0.2) is 0 Å². The molecule has 3 rings (SSSR count). The summed E-state index contributed by atoms with van der Waals surface area (Å²) >= 11 is 5.90. The van der Waals surface area contributed by atoms with Gasteiger partial charge in [-0.15, -0.1) is 0 Å². The molecule has 0 bridgehead atoms. The summed E-state index contributed by atoms with van der Waals surface area (Å²) in [6, 6.07) is 19.9. The van der Waals surface area contributed by atoms with Crippen LogP contribution >= 0.6 is 11.6 Å². The minimum Gasteiger partial charge on any atom is -0.233 e. The largest absolute Gasteiger partial charge is 0.233 e. The SMILES string of the molecule is Clc1ccc(-n2nccc2-c2ccccc2)cc1. The molecule has 0 aliphatic heterocycles. The summed E-state index contributed by atoms with van der Waals surface area (Å²) < 4.78 is 1.91. The minimum atomic E-state index is 0.729. The minimum absolute atomic E-state index is 0.729. The van der Waals surface area contributed by atoms with Crippen molar-refractivity contribution in [2.75, 3.05) is 0 Å². The summed E-state index contributed by atoms with van der Waals surface area (Å²) in [6.07, 6.45) is 1.80. The summed E-state index contributed by atoms with van der Waals surface area (Å²) in [6.45, 7) is 0. The molecule has 3 aromatic rings. The molecule has 18 heavy (non-hydrogen) atoms. The number of halogens is 1. The third-order valence-corrected chi connectivity index (χ3v) is 3.04. The van der Waals surface area contributed by atoms with Crippen LogP contribution in [0.1, 0.15) is 0 Å². The van der Waals surface area contributed by atoms with Crippen LogP contribution in [0.2, 0.25) is 5.02 Å². The normalized spacial score (nSPS) is 10.5. The molecule has 0 N–H and O–H groups in total. The van der Waals surface area contributed by atoms with Crippen molar-refractivity contribution in [3.8, 4) is 16.9 Å². The average Bonchev–Trinajstić information content (AvgIpc) is 2.90. The van der Waals surface area contributed by atoms with Crippen molar-refractivity contribution in [3.05, 3.63) is 71.9 Å². The first kappa shape index (κ1) is 11.1. The molecule has 0 unspecified atom stereocenters. The topological polar surface area (TPSA) is 17.8 Å². The van der Waals surface area contributed by atoms with Gasteiger partial charge in [0.2, 0.25) is 0 Å². The number of nitrogens with zero attached hydrogens (tertiary/aromatic N) is 2. The Hall–Kier alpha value is -2.06. The fraction of sp³-hybridized carbons (Fsp3) is 0. The number of benzene rings is 2. The molecule has 0 fully saturated rings. The number of hydrogen-bond acceptors (Lipinski definition) is 1. The number of hydrogen-bond donors (Lipinski definition) is 0. The molecule has 0 amide bonds. The van der Waals surface area contributed by atoms with Gasteiger partial charge in [0.1, 0.15) is 0 Å². The van der Waals surface area contributed by atoms with Gasteiger partial charge in [-0.3, -0.25) is 0 Å². The third-order valence-electron chi connectivity index (χ3n) is 2.78. The predicted molar refractivity (Wildman–Crippen MR) is 74.0 cm³/mol. The molecular formula is C15H11ClN2. The lowest BCUT2D eigenvalue weighted by Gasteiger charge is -2.07. The van der Waals surface area contributed by atoms with E-state index in [1.54, 1.807) is 6.20 Å². The van der Waals surface area contributed by atoms with Gasteiger partial charge in [-0.1, -0.05) is 41.9 Å². The highest BCUT2D eigenvalue weighted by Crippen LogP contribution is 2.22. The molecule has 88 valence electrons. The van der Waals surface area contributed by atoms with Crippen molar-refractivity contribution < 1.29 is 0 Å². The maximum atomic E-state index is 5.90. The predicted octanol–water partition coefficient (Wildman–Crippen LogP) is 4.19. The van der Waals surface area contributed by atoms with Crippen molar-refractivity contribution in [1.29, 1.82) is 0 Å². The van der Waals surface area contributed by atoms with Crippen LogP contribution in [0.3, 0.4) is 0 Å². The Bertz CT molecular complexity index is 642. The summed E-state index contributed by atoms with van der Waals surface area (Å²) in [7, 11) is 0. The summed E-state index contributed by atoms with van der Waals surface area (Å²) in [4.78, 5) is 0. The van der Waals surface area contributed by atoms with E-state index in [1.807, 2.05) is 53.2 Å². The van der Waals surface area contributed by atoms with E-state index in [0.717, 1.165) is 22.0 Å². The van der Waals surface area contributed by atoms with E-state index >= 15 is 0 Å². The van der Waals surface area contributed by atoms with Gasteiger partial charge in [0.05, 0.1) is 17.6 Å². The molecule has 0 saturated carbocycles. The lowest BCUT2D eigenvalue weighted by molar-refractivity contribution is 0.888. The molecule has 2 aromatic carbocycles. The van der Waals surface area contributed by atoms with E-state index in [-0.39, 0.29) is 0 Å². The molecule has 0 atom stereocenters. The zero-order valence-electron chi connectivity index (χ0n) is 9.62. The fourth-order valence-electron chi connectivity index (χ4n) is 1.92. The second-order valence-electron chi connectivity index (χ2n) is 3.97. The van der Waals surface area contributed by atoms with Gasteiger partial charge < -0.3 is 0 Å². The Balaban J connectivity index is 2.10. The van der Waals surface area contributed by atoms with E-state index in [2.05, 4.69) is 17.2 Å². The number of rotatable bonds is 2. The molecular weight excluding hydrogens is 244 g/mol. The Morgan fingerprint density at radius 3 is 2.28 bits per heavy atom. The van der Waals surface area contributed by atoms with Crippen LogP contribution in [0, 0.1) is 0 Å². The summed E-state index contributed by atoms with van der Waals surface area (Å²) in [5.74, 6) is 0. The zero-order chi connectivity index (χ0) is 12.4. The van der Waals surface area contributed by atoms with Gasteiger partial charge in [-0.25, -0.2) is 4.68 Å². The van der Waals surface area contributed by atoms with Gasteiger partial charge in [-0.05, 0) is 30.3 Å². The number of aromatic nitrogens is 2. The average molecular weight is 255 g/mol. The van der Waals surface area contributed by atoms with E-state index in [9.17, 15) is 0 Å². The highest BCUT2D eigenvalue weighted by atomic mass is 35.5. The second-order valence-corrected chi connectivity index (χ2v) is 4.41. The van der Waals surface area contributed by atoms with Crippen LogP contribution < -0.4 is 0 Å². The van der Waals surface area contributed by atoms with Gasteiger partial charge in [0, 0.05) is 10.6 Å². The van der Waals surface area contributed by atoms with Crippen molar-refractivity contribution in [1.82, 2.24) is 9.78 Å². The highest BCUT2D eigenvalue weighted by Gasteiger charge is 2.06. The lowest BCUT2D eigenvalue weighted by Crippen LogP contribution is -1.98. The summed E-state index contributed by atoms with van der Waals surface area (Å²) in [5.41, 5.74) is 3.21. The van der Waals surface area contributed by atoms with Crippen molar-refractivity contribution in [3.63, 3.8) is 0 Å². The van der Waals surface area contributed by atoms with Gasteiger partial charge in [-0.2, -0.15) is 5.10 Å². The van der Waals surface area contributed by atoms with E-state index in [1.165, 1.54) is 0 Å². The molecule has 3 heteroatoms. The zero-order valence-corrected chi connectivity index (χ0v) is 10.4. The molecule has 1 aromatic heterocycles. The van der Waals surface area contributed by atoms with Gasteiger partial charge in [0.25, 0.3) is 0 Å². The second kappa shape index (κ2) is 4.67. The van der Waals surface area contributed by atoms with E-state index in [0.29, 0.717) is 0 Å². The van der Waals surface area contributed by atoms with Crippen molar-refractivity contribution >= 4 is 11.6 Å². The first-order valence-corrected chi connectivity index (χ1v) is 6.08. The standard InChI is InChI=1S/C15H11ClN2/c16-13-6-8-14(9-7-13)18-15(10-11-17-18)12-4-2-1-3-5-12/h1-11H. The molecule has 0 spiro atoms. The first-order valence-electron chi connectivity index (χ1n) is 5.70. The fourth-order valence-corrected chi connectivity index (χ4v) is 2.04. The smallest absolute Gasteiger partial charge is 0.0740 e. The molecule has 0 radical (unpaired) electrons. The van der Waals surface area contributed by atoms with Crippen LogP contribution in [0.25, 0.3) is 16.9 Å². The Morgan fingerprint density at radius 2 is 1.56 bits per heavy atom. The van der Waals surface area contributed by atoms with Crippen LogP contribution in [-0.4, -0.2) is 9.78 Å². The van der Waals surface area contributed by atoms with E-state index < -0.39 is 0 Å². The highest BCUT2D eigenvalue weighted by molar-refractivity contribution is 6.30. The molecule has 0 saturated heterocycles. The lowest BCUT2D eigenvalue weighted by atomic mass is 10.1. The van der Waals surface area contributed by atoms with Crippen LogP contribution in [0.15, 0.2) is 66.9 Å². The Kier molecular flexibility index (Phi) is 2.87. The molecule has 0 aliphatic carbocycles. The third kappa shape index (κ3) is 2.03. The maximum absolute atomic E-state index is 5.90. The Morgan fingerprint density at radius 1 is 0.833 bits per heavy atom. The summed E-state index contributed by atoms with van der Waals surface area (Å²) in [5, 5.41) is 5.09. The maximum Gasteiger partial charge on any atom is 0.0740 e. The van der Waals surface area contributed by atoms with Crippen LogP contribution in [0.5, 0.6) is 0 Å². The first-order chi connectivity index (χ1) is 8.84. The van der Waals surface area contributed by atoms with Crippen LogP contribution in [0.4, 0.5) is 0 Å². The quantitative estimate of drug-likeness (QED) is 0.670. The van der Waals surface area contributed by atoms with Crippen molar-refractivity contribution in [2.24, 2.45) is 0 Å².